The summed E-state index contributed by atoms with van der Waals surface area (Å²) in [6.07, 6.45) is 2.31. The van der Waals surface area contributed by atoms with Crippen molar-refractivity contribution in [3.8, 4) is 28.4 Å². The molecule has 0 amide bonds. The number of ketones is 1. The number of aryl methyl sites for hydroxylation is 1. The molecule has 0 heterocycles. The quantitative estimate of drug-likeness (QED) is 0.666. The minimum absolute atomic E-state index is 0.0766. The number of benzene rings is 1. The summed E-state index contributed by atoms with van der Waals surface area (Å²) < 4.78 is 16.9. The Hall–Kier alpha value is -2.69. The van der Waals surface area contributed by atoms with Crippen LogP contribution in [0, 0.1) is 0 Å². The van der Waals surface area contributed by atoms with Gasteiger partial charge in [0.25, 0.3) is 0 Å². The Morgan fingerprint density at radius 1 is 1.13 bits per heavy atom. The first-order chi connectivity index (χ1) is 14.5. The Labute approximate surface area is 179 Å². The number of hydrogen-bond acceptors (Lipinski definition) is 5. The van der Waals surface area contributed by atoms with Crippen molar-refractivity contribution in [3.63, 3.8) is 0 Å². The third-order valence-corrected chi connectivity index (χ3v) is 5.74. The minimum atomic E-state index is -0.171. The van der Waals surface area contributed by atoms with Crippen LogP contribution in [0.15, 0.2) is 29.1 Å². The molecular weight excluding hydrogens is 378 g/mol. The maximum absolute atomic E-state index is 12.8. The van der Waals surface area contributed by atoms with Crippen molar-refractivity contribution >= 4 is 26.2 Å². The van der Waals surface area contributed by atoms with Crippen molar-refractivity contribution in [2.24, 2.45) is 0 Å². The van der Waals surface area contributed by atoms with Gasteiger partial charge in [-0.15, -0.1) is 0 Å². The van der Waals surface area contributed by atoms with E-state index in [-0.39, 0.29) is 17.1 Å². The molecule has 2 aromatic rings. The van der Waals surface area contributed by atoms with E-state index < -0.39 is 0 Å². The topological polar surface area (TPSA) is 61.8 Å². The molecular formula is C23H25B2O5. The average molecular weight is 403 g/mol. The molecule has 5 nitrogen and oxygen atoms in total. The van der Waals surface area contributed by atoms with Crippen LogP contribution in [0.25, 0.3) is 11.1 Å². The zero-order chi connectivity index (χ0) is 21.8. The second-order valence-corrected chi connectivity index (χ2v) is 7.34. The average Bonchev–Trinajstić information content (AvgIpc) is 3.00. The van der Waals surface area contributed by atoms with Crippen LogP contribution in [0.2, 0.25) is 0 Å². The lowest BCUT2D eigenvalue weighted by Crippen LogP contribution is -2.29. The van der Waals surface area contributed by atoms with Gasteiger partial charge in [-0.2, -0.15) is 0 Å². The predicted molar refractivity (Wildman–Crippen MR) is 120 cm³/mol. The van der Waals surface area contributed by atoms with Crippen molar-refractivity contribution in [2.75, 3.05) is 21.3 Å². The van der Waals surface area contributed by atoms with Gasteiger partial charge in [-0.1, -0.05) is 24.5 Å². The summed E-state index contributed by atoms with van der Waals surface area (Å²) in [5.41, 5.74) is 3.79. The van der Waals surface area contributed by atoms with Crippen LogP contribution < -0.4 is 25.1 Å². The highest BCUT2D eigenvalue weighted by atomic mass is 16.5. The maximum Gasteiger partial charge on any atom is 0.203 e. The minimum Gasteiger partial charge on any atom is -0.493 e. The van der Waals surface area contributed by atoms with Gasteiger partial charge in [0, 0.05) is 26.1 Å². The van der Waals surface area contributed by atoms with Gasteiger partial charge < -0.3 is 14.2 Å². The van der Waals surface area contributed by atoms with E-state index >= 15 is 0 Å². The molecule has 30 heavy (non-hydrogen) atoms. The molecule has 0 bridgehead atoms. The third kappa shape index (κ3) is 3.98. The van der Waals surface area contributed by atoms with E-state index in [1.807, 2.05) is 19.1 Å². The largest absolute Gasteiger partial charge is 0.493 e. The first-order valence-electron chi connectivity index (χ1n) is 10.1. The molecule has 3 radical (unpaired) electrons. The number of fused-ring (bicyclic) bond motifs is 3. The van der Waals surface area contributed by atoms with Gasteiger partial charge in [-0.3, -0.25) is 9.59 Å². The highest BCUT2D eigenvalue weighted by Crippen LogP contribution is 2.50. The smallest absolute Gasteiger partial charge is 0.203 e. The van der Waals surface area contributed by atoms with Crippen molar-refractivity contribution in [2.45, 2.75) is 38.5 Å². The molecule has 1 aliphatic carbocycles. The van der Waals surface area contributed by atoms with E-state index in [4.69, 9.17) is 21.9 Å². The van der Waals surface area contributed by atoms with Gasteiger partial charge in [0.1, 0.15) is 13.0 Å². The molecule has 3 rings (SSSR count). The fraction of sp³-hybridized carbons (Fsp3) is 0.391. The molecule has 1 aliphatic rings. The van der Waals surface area contributed by atoms with Crippen molar-refractivity contribution in [3.05, 3.63) is 45.6 Å². The molecule has 0 unspecified atom stereocenters. The second-order valence-electron chi connectivity index (χ2n) is 7.34. The van der Waals surface area contributed by atoms with Crippen LogP contribution in [-0.2, 0) is 11.2 Å². The fourth-order valence-electron chi connectivity index (χ4n) is 4.17. The zero-order valence-electron chi connectivity index (χ0n) is 17.9. The standard InChI is InChI=1S/C23H25B2O5/c1-5-15(26)10-13-6-7-14-11-20(28-2)22(29-3)23(30-4)21(14)16-8-9-18(25-24)19(27)12-17(13)16/h8-9,11-13H,5-7,10H2,1-4H3/t13-/m1/s1. The Morgan fingerprint density at radius 3 is 2.47 bits per heavy atom. The number of ether oxygens (including phenoxy) is 3. The first kappa shape index (κ1) is 22.0. The van der Waals surface area contributed by atoms with E-state index in [0.29, 0.717) is 35.6 Å². The molecule has 0 spiro atoms. The van der Waals surface area contributed by atoms with Crippen LogP contribution in [0.5, 0.6) is 17.2 Å². The van der Waals surface area contributed by atoms with Gasteiger partial charge in [-0.05, 0) is 47.6 Å². The summed E-state index contributed by atoms with van der Waals surface area (Å²) in [5.74, 6) is 1.72. The molecule has 7 heteroatoms. The number of carbonyl (C=O) groups excluding carboxylic acids is 1. The number of hydrogen-bond donors (Lipinski definition) is 0. The third-order valence-electron chi connectivity index (χ3n) is 5.74. The second kappa shape index (κ2) is 9.41. The number of Topliss-reactive ketones (excluding diaryl/α,β-unsaturated/α-hetero) is 1. The number of carbonyl (C=O) groups is 1. The number of methoxy groups -OCH3 is 3. The lowest BCUT2D eigenvalue weighted by Gasteiger charge is -2.19. The van der Waals surface area contributed by atoms with Gasteiger partial charge in [0.05, 0.1) is 21.3 Å². The van der Waals surface area contributed by atoms with Crippen molar-refractivity contribution in [1.29, 1.82) is 0 Å². The molecule has 0 aliphatic heterocycles. The summed E-state index contributed by atoms with van der Waals surface area (Å²) >= 11 is 0. The van der Waals surface area contributed by atoms with E-state index in [1.165, 1.54) is 7.17 Å². The Bertz CT molecular complexity index is 1020. The van der Waals surface area contributed by atoms with E-state index in [9.17, 15) is 9.59 Å². The molecule has 153 valence electrons. The molecule has 0 saturated heterocycles. The van der Waals surface area contributed by atoms with Crippen LogP contribution in [0.4, 0.5) is 0 Å². The van der Waals surface area contributed by atoms with Crippen LogP contribution in [0.1, 0.15) is 43.2 Å². The molecule has 0 aromatic heterocycles. The lowest BCUT2D eigenvalue weighted by atomic mass is 9.51. The van der Waals surface area contributed by atoms with Crippen LogP contribution in [0.3, 0.4) is 0 Å². The zero-order valence-corrected chi connectivity index (χ0v) is 17.9. The van der Waals surface area contributed by atoms with Crippen molar-refractivity contribution in [1.82, 2.24) is 0 Å². The van der Waals surface area contributed by atoms with E-state index in [2.05, 4.69) is 0 Å². The summed E-state index contributed by atoms with van der Waals surface area (Å²) in [4.78, 5) is 25.1. The number of rotatable bonds is 7. The molecule has 0 N–H and O–H groups in total. The Balaban J connectivity index is 2.38. The van der Waals surface area contributed by atoms with Crippen LogP contribution in [-0.4, -0.2) is 42.0 Å². The summed E-state index contributed by atoms with van der Waals surface area (Å²) in [6, 6.07) is 7.17. The Morgan fingerprint density at radius 2 is 1.87 bits per heavy atom. The monoisotopic (exact) mass is 403 g/mol. The highest BCUT2D eigenvalue weighted by molar-refractivity contribution is 6.97. The molecule has 0 saturated carbocycles. The van der Waals surface area contributed by atoms with E-state index in [1.54, 1.807) is 33.5 Å². The van der Waals surface area contributed by atoms with Gasteiger partial charge >= 0.3 is 0 Å². The summed E-state index contributed by atoms with van der Waals surface area (Å²) in [7, 11) is 11.7. The summed E-state index contributed by atoms with van der Waals surface area (Å²) in [6.45, 7) is 1.86. The normalized spacial score (nSPS) is 14.7. The molecule has 1 atom stereocenters. The van der Waals surface area contributed by atoms with Gasteiger partial charge in [0.15, 0.2) is 16.9 Å². The first-order valence-corrected chi connectivity index (χ1v) is 10.1. The molecule has 2 aromatic carbocycles. The van der Waals surface area contributed by atoms with Crippen molar-refractivity contribution < 1.29 is 19.0 Å². The Kier molecular flexibility index (Phi) is 6.91. The van der Waals surface area contributed by atoms with E-state index in [0.717, 1.165) is 35.1 Å². The fourth-order valence-corrected chi connectivity index (χ4v) is 4.17. The lowest BCUT2D eigenvalue weighted by molar-refractivity contribution is -0.119. The highest BCUT2D eigenvalue weighted by Gasteiger charge is 2.29. The van der Waals surface area contributed by atoms with Gasteiger partial charge in [-0.25, -0.2) is 0 Å². The SMILES string of the molecule is [B][B]c1ccc2c(cc1=O)[C@@H](CC(=O)CC)CCc1cc(OC)c(OC)c(OC)c1-2. The maximum atomic E-state index is 12.8. The van der Waals surface area contributed by atoms with Crippen LogP contribution >= 0.6 is 0 Å². The predicted octanol–water partition coefficient (Wildman–Crippen LogP) is 2.55. The molecule has 0 fully saturated rings. The summed E-state index contributed by atoms with van der Waals surface area (Å²) in [5, 5.41) is 0. The van der Waals surface area contributed by atoms with Gasteiger partial charge in [0.2, 0.25) is 5.75 Å².